The molecular weight excluding hydrogens is 223 g/mol. The van der Waals surface area contributed by atoms with Crippen molar-refractivity contribution in [1.29, 1.82) is 0 Å². The summed E-state index contributed by atoms with van der Waals surface area (Å²) < 4.78 is 13.7. The highest BCUT2D eigenvalue weighted by molar-refractivity contribution is 5.80. The molecule has 17 heavy (non-hydrogen) atoms. The van der Waals surface area contributed by atoms with Crippen LogP contribution < -0.4 is 10.2 Å². The molecule has 0 saturated carbocycles. The van der Waals surface area contributed by atoms with E-state index < -0.39 is 11.9 Å². The van der Waals surface area contributed by atoms with Crippen LogP contribution >= 0.6 is 0 Å². The van der Waals surface area contributed by atoms with E-state index in [-0.39, 0.29) is 12.5 Å². The number of rotatable bonds is 4. The summed E-state index contributed by atoms with van der Waals surface area (Å²) in [5.41, 5.74) is 0.845. The Morgan fingerprint density at radius 2 is 2.24 bits per heavy atom. The second kappa shape index (κ2) is 5.63. The molecule has 0 fully saturated rings. The number of hydrogen-bond acceptors (Lipinski definition) is 3. The first-order chi connectivity index (χ1) is 7.95. The van der Waals surface area contributed by atoms with Crippen LogP contribution in [0.25, 0.3) is 0 Å². The Kier molecular flexibility index (Phi) is 4.45. The highest BCUT2D eigenvalue weighted by Gasteiger charge is 2.12. The van der Waals surface area contributed by atoms with Crippen molar-refractivity contribution >= 4 is 11.6 Å². The lowest BCUT2D eigenvalue weighted by molar-refractivity contribution is -0.119. The lowest BCUT2D eigenvalue weighted by Crippen LogP contribution is -2.33. The average molecular weight is 240 g/mol. The smallest absolute Gasteiger partial charge is 0.239 e. The number of carbonyl (C=O) groups is 1. The first-order valence-corrected chi connectivity index (χ1v) is 5.35. The average Bonchev–Trinajstić information content (AvgIpc) is 2.28. The monoisotopic (exact) mass is 240 g/mol. The van der Waals surface area contributed by atoms with Crippen molar-refractivity contribution in [3.8, 4) is 0 Å². The molecule has 0 spiro atoms. The van der Waals surface area contributed by atoms with E-state index in [1.807, 2.05) is 0 Å². The first kappa shape index (κ1) is 13.4. The van der Waals surface area contributed by atoms with Gasteiger partial charge in [-0.2, -0.15) is 0 Å². The molecular formula is C12H17FN2O2. The Balaban J connectivity index is 2.88. The fourth-order valence-corrected chi connectivity index (χ4v) is 1.47. The molecule has 5 heteroatoms. The number of nitrogens with one attached hydrogen (secondary N) is 1. The van der Waals surface area contributed by atoms with Gasteiger partial charge in [-0.25, -0.2) is 4.39 Å². The molecule has 0 bridgehead atoms. The summed E-state index contributed by atoms with van der Waals surface area (Å²) in [6.07, 6.45) is -0.706. The van der Waals surface area contributed by atoms with Crippen LogP contribution in [0.15, 0.2) is 18.2 Å². The molecule has 1 aromatic rings. The maximum atomic E-state index is 13.7. The minimum Gasteiger partial charge on any atom is -0.389 e. The van der Waals surface area contributed by atoms with Gasteiger partial charge < -0.3 is 15.3 Å². The van der Waals surface area contributed by atoms with Crippen LogP contribution in [0.1, 0.15) is 18.6 Å². The number of halogens is 1. The summed E-state index contributed by atoms with van der Waals surface area (Å²) >= 11 is 0. The van der Waals surface area contributed by atoms with Crippen LogP contribution in [0.3, 0.4) is 0 Å². The van der Waals surface area contributed by atoms with E-state index in [1.54, 1.807) is 26.1 Å². The molecule has 0 radical (unpaired) electrons. The van der Waals surface area contributed by atoms with Gasteiger partial charge in [-0.15, -0.1) is 0 Å². The van der Waals surface area contributed by atoms with Gasteiger partial charge in [0.25, 0.3) is 0 Å². The second-order valence-electron chi connectivity index (χ2n) is 3.92. The number of hydrogen-bond donors (Lipinski definition) is 2. The van der Waals surface area contributed by atoms with E-state index in [2.05, 4.69) is 5.32 Å². The minimum absolute atomic E-state index is 0.0848. The molecule has 0 aliphatic heterocycles. The number of likely N-dealkylation sites (N-methyl/N-ethyl adjacent to an activating group) is 2. The maximum Gasteiger partial charge on any atom is 0.239 e. The first-order valence-electron chi connectivity index (χ1n) is 5.35. The quantitative estimate of drug-likeness (QED) is 0.827. The number of carbonyl (C=O) groups excluding carboxylic acids is 1. The van der Waals surface area contributed by atoms with E-state index in [0.29, 0.717) is 11.3 Å². The molecule has 0 heterocycles. The van der Waals surface area contributed by atoms with E-state index in [9.17, 15) is 14.3 Å². The van der Waals surface area contributed by atoms with Gasteiger partial charge in [0.2, 0.25) is 5.91 Å². The number of aliphatic hydroxyl groups excluding tert-OH is 1. The number of amides is 1. The lowest BCUT2D eigenvalue weighted by atomic mass is 10.1. The SMILES string of the molecule is CNC(=O)CN(C)c1ccc(C(C)O)cc1F. The molecule has 0 aliphatic rings. The predicted molar refractivity (Wildman–Crippen MR) is 64.4 cm³/mol. The molecule has 1 aromatic carbocycles. The van der Waals surface area contributed by atoms with Gasteiger partial charge in [0.1, 0.15) is 5.82 Å². The van der Waals surface area contributed by atoms with Crippen LogP contribution in [0.5, 0.6) is 0 Å². The number of anilines is 1. The standard InChI is InChI=1S/C12H17FN2O2/c1-8(16)9-4-5-11(10(13)6-9)15(3)7-12(17)14-2/h4-6,8,16H,7H2,1-3H3,(H,14,17). The minimum atomic E-state index is -0.706. The molecule has 94 valence electrons. The van der Waals surface area contributed by atoms with Gasteiger partial charge in [0.05, 0.1) is 18.3 Å². The van der Waals surface area contributed by atoms with E-state index >= 15 is 0 Å². The third kappa shape index (κ3) is 3.42. The van der Waals surface area contributed by atoms with Gasteiger partial charge in [-0.3, -0.25) is 4.79 Å². The summed E-state index contributed by atoms with van der Waals surface area (Å²) in [6.45, 7) is 1.66. The Bertz CT molecular complexity index is 407. The van der Waals surface area contributed by atoms with Crippen LogP contribution in [0.4, 0.5) is 10.1 Å². The van der Waals surface area contributed by atoms with Gasteiger partial charge in [-0.1, -0.05) is 6.07 Å². The normalized spacial score (nSPS) is 12.1. The van der Waals surface area contributed by atoms with E-state index in [0.717, 1.165) is 0 Å². The van der Waals surface area contributed by atoms with Crippen LogP contribution in [0.2, 0.25) is 0 Å². The Morgan fingerprint density at radius 3 is 2.71 bits per heavy atom. The fourth-order valence-electron chi connectivity index (χ4n) is 1.47. The summed E-state index contributed by atoms with van der Waals surface area (Å²) in [6, 6.07) is 4.48. The summed E-state index contributed by atoms with van der Waals surface area (Å²) in [5.74, 6) is -0.638. The fraction of sp³-hybridized carbons (Fsp3) is 0.417. The maximum absolute atomic E-state index is 13.7. The third-order valence-corrected chi connectivity index (χ3v) is 2.53. The number of aliphatic hydroxyl groups is 1. The number of nitrogens with zero attached hydrogens (tertiary/aromatic N) is 1. The van der Waals surface area contributed by atoms with E-state index in [4.69, 9.17) is 0 Å². The van der Waals surface area contributed by atoms with Crippen molar-refractivity contribution in [2.75, 3.05) is 25.5 Å². The molecule has 0 saturated heterocycles. The lowest BCUT2D eigenvalue weighted by Gasteiger charge is -2.19. The van der Waals surface area contributed by atoms with Crippen LogP contribution in [-0.2, 0) is 4.79 Å². The molecule has 1 atom stereocenters. The van der Waals surface area contributed by atoms with Crippen molar-refractivity contribution in [3.63, 3.8) is 0 Å². The zero-order chi connectivity index (χ0) is 13.0. The van der Waals surface area contributed by atoms with Gasteiger partial charge >= 0.3 is 0 Å². The molecule has 0 aliphatic carbocycles. The molecule has 4 nitrogen and oxygen atoms in total. The van der Waals surface area contributed by atoms with Crippen molar-refractivity contribution in [3.05, 3.63) is 29.6 Å². The van der Waals surface area contributed by atoms with Crippen molar-refractivity contribution in [1.82, 2.24) is 5.32 Å². The van der Waals surface area contributed by atoms with E-state index in [1.165, 1.54) is 18.0 Å². The Morgan fingerprint density at radius 1 is 1.59 bits per heavy atom. The topological polar surface area (TPSA) is 52.6 Å². The largest absolute Gasteiger partial charge is 0.389 e. The third-order valence-electron chi connectivity index (χ3n) is 2.53. The zero-order valence-electron chi connectivity index (χ0n) is 10.2. The van der Waals surface area contributed by atoms with Crippen molar-refractivity contribution < 1.29 is 14.3 Å². The van der Waals surface area contributed by atoms with Gasteiger partial charge in [-0.05, 0) is 24.6 Å². The number of benzene rings is 1. The highest BCUT2D eigenvalue weighted by Crippen LogP contribution is 2.22. The van der Waals surface area contributed by atoms with Gasteiger partial charge in [0, 0.05) is 14.1 Å². The zero-order valence-corrected chi connectivity index (χ0v) is 10.2. The Labute approximate surface area is 100 Å². The molecule has 0 aromatic heterocycles. The van der Waals surface area contributed by atoms with Crippen LogP contribution in [-0.4, -0.2) is 31.7 Å². The Hall–Kier alpha value is -1.62. The second-order valence-corrected chi connectivity index (χ2v) is 3.92. The molecule has 1 rings (SSSR count). The summed E-state index contributed by atoms with van der Waals surface area (Å²) in [5, 5.41) is 11.8. The van der Waals surface area contributed by atoms with Crippen molar-refractivity contribution in [2.24, 2.45) is 0 Å². The summed E-state index contributed by atoms with van der Waals surface area (Å²) in [4.78, 5) is 12.7. The highest BCUT2D eigenvalue weighted by atomic mass is 19.1. The van der Waals surface area contributed by atoms with Crippen molar-refractivity contribution in [2.45, 2.75) is 13.0 Å². The van der Waals surface area contributed by atoms with Crippen LogP contribution in [0, 0.1) is 5.82 Å². The predicted octanol–water partition coefficient (Wildman–Crippen LogP) is 1.06. The molecule has 1 unspecified atom stereocenters. The van der Waals surface area contributed by atoms with Gasteiger partial charge in [0.15, 0.2) is 0 Å². The molecule has 2 N–H and O–H groups in total. The molecule has 1 amide bonds. The summed E-state index contributed by atoms with van der Waals surface area (Å²) in [7, 11) is 3.17.